The zero-order chi connectivity index (χ0) is 20.7. The lowest BCUT2D eigenvalue weighted by molar-refractivity contribution is -0.0804. The summed E-state index contributed by atoms with van der Waals surface area (Å²) in [6.45, 7) is 7.63. The summed E-state index contributed by atoms with van der Waals surface area (Å²) in [7, 11) is 1.72. The molecule has 2 fully saturated rings. The highest BCUT2D eigenvalue weighted by molar-refractivity contribution is 5.52. The summed E-state index contributed by atoms with van der Waals surface area (Å²) in [6, 6.07) is 8.31. The third-order valence-corrected chi connectivity index (χ3v) is 8.71. The number of rotatable bonds is 4. The van der Waals surface area contributed by atoms with Crippen LogP contribution in [0.25, 0.3) is 6.08 Å². The number of methoxy groups -OCH3 is 1. The van der Waals surface area contributed by atoms with Crippen LogP contribution in [0.15, 0.2) is 42.0 Å². The predicted octanol–water partition coefficient (Wildman–Crippen LogP) is 6.65. The van der Waals surface area contributed by atoms with Gasteiger partial charge >= 0.3 is 0 Å². The summed E-state index contributed by atoms with van der Waals surface area (Å²) in [5.41, 5.74) is 3.59. The van der Waals surface area contributed by atoms with Crippen LogP contribution in [0.1, 0.15) is 71.3 Å². The molecule has 4 rings (SSSR count). The van der Waals surface area contributed by atoms with Crippen molar-refractivity contribution in [1.82, 2.24) is 0 Å². The van der Waals surface area contributed by atoms with Gasteiger partial charge in [-0.2, -0.15) is 0 Å². The minimum Gasteiger partial charge on any atom is -0.497 e. The lowest BCUT2D eigenvalue weighted by atomic mass is 9.45. The maximum Gasteiger partial charge on any atom is 0.119 e. The molecule has 0 saturated heterocycles. The Kier molecular flexibility index (Phi) is 5.44. The average Bonchev–Trinajstić information content (AvgIpc) is 2.72. The van der Waals surface area contributed by atoms with Gasteiger partial charge in [0, 0.05) is 6.61 Å². The normalized spacial score (nSPS) is 39.6. The monoisotopic (exact) mass is 394 g/mol. The van der Waals surface area contributed by atoms with E-state index in [1.807, 2.05) is 6.07 Å². The zero-order valence-electron chi connectivity index (χ0n) is 18.7. The Morgan fingerprint density at radius 2 is 2.00 bits per heavy atom. The molecule has 158 valence electrons. The van der Waals surface area contributed by atoms with Gasteiger partial charge in [0.1, 0.15) is 5.75 Å². The Morgan fingerprint density at radius 3 is 2.76 bits per heavy atom. The summed E-state index contributed by atoms with van der Waals surface area (Å²) in [4.78, 5) is 0. The third kappa shape index (κ3) is 3.69. The van der Waals surface area contributed by atoms with Crippen molar-refractivity contribution in [2.75, 3.05) is 13.7 Å². The standard InChI is InChI=1S/C27H38O2/c1-25(15-11-20-7-5-8-22(17-20)29-4)16-12-23-21(18-25)9-10-24-26(2,19-28)13-6-14-27(23,24)3/h5,7-9,11,15,17,23-24,28H,6,10,12-14,16,18-19H2,1-4H3/b15-11+/t23-,24-,25-,26-,27+/m0/s1. The van der Waals surface area contributed by atoms with E-state index in [4.69, 9.17) is 4.74 Å². The minimum absolute atomic E-state index is 0.0993. The highest BCUT2D eigenvalue weighted by atomic mass is 16.5. The van der Waals surface area contributed by atoms with Crippen LogP contribution < -0.4 is 4.74 Å². The van der Waals surface area contributed by atoms with Crippen molar-refractivity contribution in [2.24, 2.45) is 28.1 Å². The molecule has 1 aromatic rings. The lowest BCUT2D eigenvalue weighted by Gasteiger charge is -2.59. The first-order chi connectivity index (χ1) is 13.8. The van der Waals surface area contributed by atoms with Crippen LogP contribution in [0.4, 0.5) is 0 Å². The van der Waals surface area contributed by atoms with Crippen LogP contribution in [0.2, 0.25) is 0 Å². The van der Waals surface area contributed by atoms with E-state index in [0.29, 0.717) is 23.9 Å². The Labute approximate surface area is 177 Å². The van der Waals surface area contributed by atoms with Gasteiger partial charge in [0.2, 0.25) is 0 Å². The number of allylic oxidation sites excluding steroid dienone is 3. The maximum absolute atomic E-state index is 10.2. The van der Waals surface area contributed by atoms with E-state index in [9.17, 15) is 5.11 Å². The molecule has 0 amide bonds. The third-order valence-electron chi connectivity index (χ3n) is 8.71. The maximum atomic E-state index is 10.2. The molecule has 0 bridgehead atoms. The SMILES string of the molecule is COc1cccc(/C=C/[C@@]2(C)CC[C@H]3C(=CC[C@H]4[C@](C)(CO)CCC[C@]34C)C2)c1. The van der Waals surface area contributed by atoms with E-state index in [0.717, 1.165) is 12.2 Å². The number of ether oxygens (including phenoxy) is 1. The first-order valence-electron chi connectivity index (χ1n) is 11.5. The molecule has 0 radical (unpaired) electrons. The number of hydrogen-bond acceptors (Lipinski definition) is 2. The number of aliphatic hydroxyl groups excluding tert-OH is 1. The van der Waals surface area contributed by atoms with Gasteiger partial charge in [0.15, 0.2) is 0 Å². The molecule has 0 spiro atoms. The molecule has 1 aromatic carbocycles. The second-order valence-corrected chi connectivity index (χ2v) is 10.8. The van der Waals surface area contributed by atoms with Crippen LogP contribution in [0.3, 0.4) is 0 Å². The molecule has 0 aliphatic heterocycles. The van der Waals surface area contributed by atoms with Gasteiger partial charge in [0.25, 0.3) is 0 Å². The van der Waals surface area contributed by atoms with Crippen LogP contribution in [-0.2, 0) is 0 Å². The van der Waals surface area contributed by atoms with Crippen molar-refractivity contribution >= 4 is 6.08 Å². The predicted molar refractivity (Wildman–Crippen MR) is 121 cm³/mol. The highest BCUT2D eigenvalue weighted by Crippen LogP contribution is 2.63. The van der Waals surface area contributed by atoms with Crippen molar-refractivity contribution in [1.29, 1.82) is 0 Å². The molecule has 2 heteroatoms. The largest absolute Gasteiger partial charge is 0.497 e. The van der Waals surface area contributed by atoms with E-state index < -0.39 is 0 Å². The molecule has 0 heterocycles. The number of aliphatic hydroxyl groups is 1. The van der Waals surface area contributed by atoms with Crippen LogP contribution in [-0.4, -0.2) is 18.8 Å². The molecule has 2 saturated carbocycles. The molecule has 2 nitrogen and oxygen atoms in total. The Bertz CT molecular complexity index is 809. The van der Waals surface area contributed by atoms with E-state index in [1.54, 1.807) is 12.7 Å². The van der Waals surface area contributed by atoms with E-state index in [1.165, 1.54) is 44.1 Å². The lowest BCUT2D eigenvalue weighted by Crippen LogP contribution is -2.52. The molecule has 29 heavy (non-hydrogen) atoms. The Hall–Kier alpha value is -1.54. The fraction of sp³-hybridized carbons (Fsp3) is 0.630. The fourth-order valence-electron chi connectivity index (χ4n) is 6.94. The van der Waals surface area contributed by atoms with Gasteiger partial charge in [-0.25, -0.2) is 0 Å². The topological polar surface area (TPSA) is 29.5 Å². The van der Waals surface area contributed by atoms with Crippen molar-refractivity contribution in [3.05, 3.63) is 47.6 Å². The number of hydrogen-bond donors (Lipinski definition) is 1. The van der Waals surface area contributed by atoms with Crippen molar-refractivity contribution in [3.63, 3.8) is 0 Å². The van der Waals surface area contributed by atoms with E-state index >= 15 is 0 Å². The first-order valence-corrected chi connectivity index (χ1v) is 11.5. The second-order valence-electron chi connectivity index (χ2n) is 10.8. The molecule has 0 aromatic heterocycles. The van der Waals surface area contributed by atoms with Gasteiger partial charge < -0.3 is 9.84 Å². The molecule has 3 aliphatic rings. The van der Waals surface area contributed by atoms with Crippen molar-refractivity contribution < 1.29 is 9.84 Å². The summed E-state index contributed by atoms with van der Waals surface area (Å²) in [6.07, 6.45) is 15.9. The fourth-order valence-corrected chi connectivity index (χ4v) is 6.94. The zero-order valence-corrected chi connectivity index (χ0v) is 18.7. The Balaban J connectivity index is 1.55. The van der Waals surface area contributed by atoms with E-state index in [2.05, 4.69) is 57.2 Å². The average molecular weight is 395 g/mol. The quantitative estimate of drug-likeness (QED) is 0.579. The van der Waals surface area contributed by atoms with Gasteiger partial charge in [-0.15, -0.1) is 0 Å². The summed E-state index contributed by atoms with van der Waals surface area (Å²) in [5.74, 6) is 2.24. The molecular formula is C27H38O2. The van der Waals surface area contributed by atoms with Crippen molar-refractivity contribution in [2.45, 2.75) is 65.7 Å². The van der Waals surface area contributed by atoms with Crippen LogP contribution in [0.5, 0.6) is 5.75 Å². The first kappa shape index (κ1) is 20.7. The van der Waals surface area contributed by atoms with Gasteiger partial charge in [-0.1, -0.05) is 63.1 Å². The van der Waals surface area contributed by atoms with Crippen molar-refractivity contribution in [3.8, 4) is 5.75 Å². The highest BCUT2D eigenvalue weighted by Gasteiger charge is 2.55. The molecule has 5 atom stereocenters. The van der Waals surface area contributed by atoms with Gasteiger partial charge in [-0.05, 0) is 84.3 Å². The second kappa shape index (κ2) is 7.61. The minimum atomic E-state index is 0.0993. The Morgan fingerprint density at radius 1 is 1.17 bits per heavy atom. The van der Waals surface area contributed by atoms with Crippen LogP contribution >= 0.6 is 0 Å². The van der Waals surface area contributed by atoms with E-state index in [-0.39, 0.29) is 10.8 Å². The summed E-state index contributed by atoms with van der Waals surface area (Å²) < 4.78 is 5.37. The molecular weight excluding hydrogens is 356 g/mol. The smallest absolute Gasteiger partial charge is 0.119 e. The summed E-state index contributed by atoms with van der Waals surface area (Å²) >= 11 is 0. The summed E-state index contributed by atoms with van der Waals surface area (Å²) in [5, 5.41) is 10.2. The number of benzene rings is 1. The molecule has 3 aliphatic carbocycles. The van der Waals surface area contributed by atoms with Gasteiger partial charge in [0.05, 0.1) is 7.11 Å². The van der Waals surface area contributed by atoms with Crippen LogP contribution in [0, 0.1) is 28.1 Å². The number of fused-ring (bicyclic) bond motifs is 3. The van der Waals surface area contributed by atoms with Gasteiger partial charge in [-0.3, -0.25) is 0 Å². The molecule has 0 unspecified atom stereocenters. The molecule has 1 N–H and O–H groups in total.